The van der Waals surface area contributed by atoms with Crippen LogP contribution in [0.15, 0.2) is 60.8 Å². The Kier molecular flexibility index (Phi) is 5.49. The first-order valence-electron chi connectivity index (χ1n) is 8.25. The Balaban J connectivity index is 1.72. The SMILES string of the molecule is Cc1ccc(Nc2nccc(C(=O)NC(C)c3ccccc3)n2)cc1Cl. The lowest BCUT2D eigenvalue weighted by Gasteiger charge is -2.14. The third-order valence-electron chi connectivity index (χ3n) is 3.96. The summed E-state index contributed by atoms with van der Waals surface area (Å²) in [6.45, 7) is 3.86. The quantitative estimate of drug-likeness (QED) is 0.688. The van der Waals surface area contributed by atoms with E-state index in [0.717, 1.165) is 16.8 Å². The van der Waals surface area contributed by atoms with Crippen LogP contribution in [0.25, 0.3) is 0 Å². The third kappa shape index (κ3) is 4.37. The molecule has 0 radical (unpaired) electrons. The second-order valence-electron chi connectivity index (χ2n) is 5.96. The Morgan fingerprint density at radius 1 is 1.12 bits per heavy atom. The van der Waals surface area contributed by atoms with E-state index in [1.54, 1.807) is 18.3 Å². The summed E-state index contributed by atoms with van der Waals surface area (Å²) in [6, 6.07) is 16.8. The van der Waals surface area contributed by atoms with Gasteiger partial charge in [-0.05, 0) is 43.2 Å². The maximum atomic E-state index is 12.5. The van der Waals surface area contributed by atoms with Gasteiger partial charge in [-0.15, -0.1) is 0 Å². The van der Waals surface area contributed by atoms with E-state index in [0.29, 0.717) is 16.7 Å². The van der Waals surface area contributed by atoms with Gasteiger partial charge in [-0.3, -0.25) is 4.79 Å². The first-order valence-corrected chi connectivity index (χ1v) is 8.63. The van der Waals surface area contributed by atoms with Gasteiger partial charge in [0.1, 0.15) is 5.69 Å². The molecule has 3 rings (SSSR count). The molecule has 0 bridgehead atoms. The van der Waals surface area contributed by atoms with Crippen LogP contribution in [0.1, 0.15) is 34.6 Å². The van der Waals surface area contributed by atoms with Crippen molar-refractivity contribution in [1.29, 1.82) is 0 Å². The number of carbonyl (C=O) groups is 1. The van der Waals surface area contributed by atoms with Crippen LogP contribution in [-0.4, -0.2) is 15.9 Å². The second-order valence-corrected chi connectivity index (χ2v) is 6.37. The van der Waals surface area contributed by atoms with Crippen LogP contribution in [0.4, 0.5) is 11.6 Å². The molecule has 0 aliphatic carbocycles. The van der Waals surface area contributed by atoms with E-state index >= 15 is 0 Å². The fraction of sp³-hybridized carbons (Fsp3) is 0.150. The summed E-state index contributed by atoms with van der Waals surface area (Å²) in [7, 11) is 0. The van der Waals surface area contributed by atoms with Crippen molar-refractivity contribution < 1.29 is 4.79 Å². The summed E-state index contributed by atoms with van der Waals surface area (Å²) in [6.07, 6.45) is 1.55. The number of halogens is 1. The molecule has 0 aliphatic heterocycles. The molecule has 2 N–H and O–H groups in total. The molecule has 0 saturated carbocycles. The van der Waals surface area contributed by atoms with E-state index in [1.807, 2.05) is 56.3 Å². The Morgan fingerprint density at radius 3 is 2.62 bits per heavy atom. The second kappa shape index (κ2) is 7.97. The summed E-state index contributed by atoms with van der Waals surface area (Å²) in [5.41, 5.74) is 3.07. The van der Waals surface area contributed by atoms with Crippen molar-refractivity contribution in [2.45, 2.75) is 19.9 Å². The van der Waals surface area contributed by atoms with Gasteiger partial charge in [0.05, 0.1) is 6.04 Å². The zero-order valence-corrected chi connectivity index (χ0v) is 15.3. The Hall–Kier alpha value is -2.92. The highest BCUT2D eigenvalue weighted by atomic mass is 35.5. The van der Waals surface area contributed by atoms with Crippen molar-refractivity contribution in [3.63, 3.8) is 0 Å². The number of hydrogen-bond donors (Lipinski definition) is 2. The number of rotatable bonds is 5. The maximum absolute atomic E-state index is 12.5. The fourth-order valence-corrected chi connectivity index (χ4v) is 2.62. The predicted molar refractivity (Wildman–Crippen MR) is 104 cm³/mol. The molecule has 132 valence electrons. The number of aryl methyl sites for hydroxylation is 1. The van der Waals surface area contributed by atoms with Crippen LogP contribution in [0.5, 0.6) is 0 Å². The molecule has 1 aromatic heterocycles. The van der Waals surface area contributed by atoms with Gasteiger partial charge in [0.2, 0.25) is 5.95 Å². The lowest BCUT2D eigenvalue weighted by molar-refractivity contribution is 0.0935. The van der Waals surface area contributed by atoms with Crippen molar-refractivity contribution >= 4 is 29.1 Å². The number of nitrogens with zero attached hydrogens (tertiary/aromatic N) is 2. The molecule has 2 aromatic carbocycles. The highest BCUT2D eigenvalue weighted by Gasteiger charge is 2.13. The molecule has 0 spiro atoms. The topological polar surface area (TPSA) is 66.9 Å². The average Bonchev–Trinajstić information content (AvgIpc) is 2.65. The normalized spacial score (nSPS) is 11.7. The molecular weight excluding hydrogens is 348 g/mol. The van der Waals surface area contributed by atoms with Gasteiger partial charge in [-0.25, -0.2) is 9.97 Å². The molecule has 5 nitrogen and oxygen atoms in total. The smallest absolute Gasteiger partial charge is 0.270 e. The first kappa shape index (κ1) is 17.9. The minimum absolute atomic E-state index is 0.119. The monoisotopic (exact) mass is 366 g/mol. The average molecular weight is 367 g/mol. The van der Waals surface area contributed by atoms with E-state index in [-0.39, 0.29) is 11.9 Å². The van der Waals surface area contributed by atoms with Crippen molar-refractivity contribution in [3.05, 3.63) is 82.6 Å². The van der Waals surface area contributed by atoms with Crippen molar-refractivity contribution in [1.82, 2.24) is 15.3 Å². The van der Waals surface area contributed by atoms with Gasteiger partial charge in [-0.1, -0.05) is 48.0 Å². The molecule has 0 saturated heterocycles. The molecule has 1 heterocycles. The van der Waals surface area contributed by atoms with Crippen LogP contribution >= 0.6 is 11.6 Å². The molecule has 0 aliphatic rings. The van der Waals surface area contributed by atoms with Crippen LogP contribution < -0.4 is 10.6 Å². The van der Waals surface area contributed by atoms with E-state index in [9.17, 15) is 4.79 Å². The number of anilines is 2. The van der Waals surface area contributed by atoms with Gasteiger partial charge in [0.25, 0.3) is 5.91 Å². The number of hydrogen-bond acceptors (Lipinski definition) is 4. The number of carbonyl (C=O) groups excluding carboxylic acids is 1. The minimum Gasteiger partial charge on any atom is -0.344 e. The summed E-state index contributed by atoms with van der Waals surface area (Å²) < 4.78 is 0. The molecule has 1 amide bonds. The number of amides is 1. The Bertz CT molecular complexity index is 915. The van der Waals surface area contributed by atoms with Gasteiger partial charge in [-0.2, -0.15) is 0 Å². The van der Waals surface area contributed by atoms with Gasteiger partial charge < -0.3 is 10.6 Å². The zero-order valence-electron chi connectivity index (χ0n) is 14.5. The van der Waals surface area contributed by atoms with Crippen molar-refractivity contribution in [2.24, 2.45) is 0 Å². The predicted octanol–water partition coefficient (Wildman–Crippen LogP) is 4.67. The first-order chi connectivity index (χ1) is 12.5. The maximum Gasteiger partial charge on any atom is 0.270 e. The molecule has 1 atom stereocenters. The Morgan fingerprint density at radius 2 is 1.88 bits per heavy atom. The standard InChI is InChI=1S/C20H19ClN4O/c1-13-8-9-16(12-17(13)21)24-20-22-11-10-18(25-20)19(26)23-14(2)15-6-4-3-5-7-15/h3-12,14H,1-2H3,(H,23,26)(H,22,24,25). The largest absolute Gasteiger partial charge is 0.344 e. The summed E-state index contributed by atoms with van der Waals surface area (Å²) in [5.74, 6) is 0.0821. The van der Waals surface area contributed by atoms with Crippen LogP contribution in [-0.2, 0) is 0 Å². The number of nitrogens with one attached hydrogen (secondary N) is 2. The lowest BCUT2D eigenvalue weighted by atomic mass is 10.1. The third-order valence-corrected chi connectivity index (χ3v) is 4.37. The molecule has 3 aromatic rings. The van der Waals surface area contributed by atoms with Crippen molar-refractivity contribution in [2.75, 3.05) is 5.32 Å². The number of aromatic nitrogens is 2. The number of benzene rings is 2. The fourth-order valence-electron chi connectivity index (χ4n) is 2.44. The molecule has 26 heavy (non-hydrogen) atoms. The molecule has 0 fully saturated rings. The molecule has 1 unspecified atom stereocenters. The van der Waals surface area contributed by atoms with Gasteiger partial charge in [0.15, 0.2) is 0 Å². The van der Waals surface area contributed by atoms with Crippen LogP contribution in [0, 0.1) is 6.92 Å². The molecular formula is C20H19ClN4O. The van der Waals surface area contributed by atoms with Crippen molar-refractivity contribution in [3.8, 4) is 0 Å². The van der Waals surface area contributed by atoms with E-state index < -0.39 is 0 Å². The zero-order chi connectivity index (χ0) is 18.5. The van der Waals surface area contributed by atoms with E-state index in [4.69, 9.17) is 11.6 Å². The summed E-state index contributed by atoms with van der Waals surface area (Å²) in [5, 5.41) is 6.66. The van der Waals surface area contributed by atoms with Gasteiger partial charge >= 0.3 is 0 Å². The highest BCUT2D eigenvalue weighted by Crippen LogP contribution is 2.22. The summed E-state index contributed by atoms with van der Waals surface area (Å²) >= 11 is 6.13. The van der Waals surface area contributed by atoms with Crippen LogP contribution in [0.2, 0.25) is 5.02 Å². The highest BCUT2D eigenvalue weighted by molar-refractivity contribution is 6.31. The Labute approximate surface area is 157 Å². The van der Waals surface area contributed by atoms with Crippen LogP contribution in [0.3, 0.4) is 0 Å². The summed E-state index contributed by atoms with van der Waals surface area (Å²) in [4.78, 5) is 20.9. The van der Waals surface area contributed by atoms with Gasteiger partial charge in [0, 0.05) is 16.9 Å². The molecule has 6 heteroatoms. The lowest BCUT2D eigenvalue weighted by Crippen LogP contribution is -2.27. The van der Waals surface area contributed by atoms with E-state index in [2.05, 4.69) is 20.6 Å². The minimum atomic E-state index is -0.256. The van der Waals surface area contributed by atoms with E-state index in [1.165, 1.54) is 0 Å².